The van der Waals surface area contributed by atoms with Crippen LogP contribution in [0.25, 0.3) is 0 Å². The highest BCUT2D eigenvalue weighted by atomic mass is 16.1. The van der Waals surface area contributed by atoms with Crippen LogP contribution in [0.5, 0.6) is 0 Å². The molecule has 0 saturated carbocycles. The smallest absolute Gasteiger partial charge is 0.222 e. The molecule has 1 heterocycles. The van der Waals surface area contributed by atoms with Crippen LogP contribution in [-0.4, -0.2) is 10.9 Å². The molecule has 0 spiro atoms. The van der Waals surface area contributed by atoms with Gasteiger partial charge < -0.3 is 5.32 Å². The minimum Gasteiger partial charge on any atom is -0.311 e. The lowest BCUT2D eigenvalue weighted by Crippen LogP contribution is -2.09. The van der Waals surface area contributed by atoms with E-state index in [1.807, 2.05) is 13.1 Å². The normalized spacial score (nSPS) is 10.4. The Balaban J connectivity index is 2.95. The maximum Gasteiger partial charge on any atom is 0.222 e. The molecule has 0 atom stereocenters. The number of hydrogen-bond acceptors (Lipinski definition) is 2. The maximum atomic E-state index is 10.8. The monoisotopic (exact) mass is 192 g/mol. The van der Waals surface area contributed by atoms with Crippen LogP contribution in [0.2, 0.25) is 0 Å². The van der Waals surface area contributed by atoms with Crippen molar-refractivity contribution in [3.05, 3.63) is 23.4 Å². The Bertz CT molecular complexity index is 345. The minimum absolute atomic E-state index is 0.0853. The zero-order valence-corrected chi connectivity index (χ0v) is 9.09. The second-order valence-corrected chi connectivity index (χ2v) is 3.77. The van der Waals surface area contributed by atoms with Gasteiger partial charge in [-0.3, -0.25) is 4.79 Å². The van der Waals surface area contributed by atoms with Crippen LogP contribution in [-0.2, 0) is 4.79 Å². The molecule has 1 rings (SSSR count). The van der Waals surface area contributed by atoms with Crippen molar-refractivity contribution in [2.24, 2.45) is 0 Å². The van der Waals surface area contributed by atoms with Gasteiger partial charge in [-0.25, -0.2) is 4.98 Å². The number of aryl methyl sites for hydroxylation is 1. The van der Waals surface area contributed by atoms with E-state index in [1.54, 1.807) is 0 Å². The summed E-state index contributed by atoms with van der Waals surface area (Å²) >= 11 is 0. The van der Waals surface area contributed by atoms with E-state index in [4.69, 9.17) is 0 Å². The highest BCUT2D eigenvalue weighted by molar-refractivity contribution is 5.88. The maximum absolute atomic E-state index is 10.8. The summed E-state index contributed by atoms with van der Waals surface area (Å²) in [6.45, 7) is 7.67. The SMILES string of the molecule is CC(=O)Nc1ncc(C(C)C)cc1C. The molecular weight excluding hydrogens is 176 g/mol. The van der Waals surface area contributed by atoms with Crippen molar-refractivity contribution < 1.29 is 4.79 Å². The fourth-order valence-electron chi connectivity index (χ4n) is 1.21. The van der Waals surface area contributed by atoms with Gasteiger partial charge in [0.15, 0.2) is 0 Å². The molecule has 1 aromatic rings. The topological polar surface area (TPSA) is 42.0 Å². The van der Waals surface area contributed by atoms with Crippen LogP contribution >= 0.6 is 0 Å². The van der Waals surface area contributed by atoms with Crippen molar-refractivity contribution in [3.63, 3.8) is 0 Å². The fraction of sp³-hybridized carbons (Fsp3) is 0.455. The molecule has 0 unspecified atom stereocenters. The number of pyridine rings is 1. The van der Waals surface area contributed by atoms with Crippen LogP contribution in [0, 0.1) is 6.92 Å². The van der Waals surface area contributed by atoms with Gasteiger partial charge >= 0.3 is 0 Å². The summed E-state index contributed by atoms with van der Waals surface area (Å²) in [6.07, 6.45) is 1.81. The van der Waals surface area contributed by atoms with Gasteiger partial charge in [0, 0.05) is 13.1 Å². The van der Waals surface area contributed by atoms with Gasteiger partial charge in [0.25, 0.3) is 0 Å². The van der Waals surface area contributed by atoms with Gasteiger partial charge in [-0.15, -0.1) is 0 Å². The summed E-state index contributed by atoms with van der Waals surface area (Å²) in [6, 6.07) is 2.06. The van der Waals surface area contributed by atoms with Crippen molar-refractivity contribution in [1.82, 2.24) is 4.98 Å². The molecule has 0 fully saturated rings. The number of nitrogens with one attached hydrogen (secondary N) is 1. The van der Waals surface area contributed by atoms with Gasteiger partial charge in [0.1, 0.15) is 5.82 Å². The van der Waals surface area contributed by atoms with E-state index in [1.165, 1.54) is 12.5 Å². The van der Waals surface area contributed by atoms with E-state index in [9.17, 15) is 4.79 Å². The Morgan fingerprint density at radius 2 is 2.14 bits per heavy atom. The third-order valence-electron chi connectivity index (χ3n) is 2.06. The fourth-order valence-corrected chi connectivity index (χ4v) is 1.21. The summed E-state index contributed by atoms with van der Waals surface area (Å²) in [5.74, 6) is 1.03. The zero-order chi connectivity index (χ0) is 10.7. The number of carbonyl (C=O) groups is 1. The van der Waals surface area contributed by atoms with E-state index in [-0.39, 0.29) is 5.91 Å². The van der Waals surface area contributed by atoms with Crippen LogP contribution in [0.1, 0.15) is 37.8 Å². The van der Waals surface area contributed by atoms with E-state index in [0.717, 1.165) is 5.56 Å². The second kappa shape index (κ2) is 4.22. The molecule has 0 aliphatic rings. The summed E-state index contributed by atoms with van der Waals surface area (Å²) in [5.41, 5.74) is 2.20. The van der Waals surface area contributed by atoms with Gasteiger partial charge in [0.2, 0.25) is 5.91 Å². The molecule has 3 nitrogen and oxygen atoms in total. The summed E-state index contributed by atoms with van der Waals surface area (Å²) < 4.78 is 0. The van der Waals surface area contributed by atoms with Crippen LogP contribution in [0.15, 0.2) is 12.3 Å². The first-order valence-electron chi connectivity index (χ1n) is 4.75. The van der Waals surface area contributed by atoms with Gasteiger partial charge in [-0.05, 0) is 24.0 Å². The van der Waals surface area contributed by atoms with Crippen LogP contribution in [0.4, 0.5) is 5.82 Å². The average Bonchev–Trinajstić information content (AvgIpc) is 2.07. The Hall–Kier alpha value is -1.38. The number of anilines is 1. The predicted octanol–water partition coefficient (Wildman–Crippen LogP) is 2.47. The van der Waals surface area contributed by atoms with E-state index < -0.39 is 0 Å². The number of aromatic nitrogens is 1. The van der Waals surface area contributed by atoms with Gasteiger partial charge in [0.05, 0.1) is 0 Å². The number of amides is 1. The number of carbonyl (C=O) groups excluding carboxylic acids is 1. The van der Waals surface area contributed by atoms with Gasteiger partial charge in [-0.1, -0.05) is 19.9 Å². The third-order valence-corrected chi connectivity index (χ3v) is 2.06. The number of rotatable bonds is 2. The Morgan fingerprint density at radius 1 is 1.50 bits per heavy atom. The molecule has 0 saturated heterocycles. The molecule has 0 radical (unpaired) electrons. The molecule has 0 aliphatic heterocycles. The first-order chi connectivity index (χ1) is 6.50. The first kappa shape index (κ1) is 10.7. The van der Waals surface area contributed by atoms with Crippen LogP contribution < -0.4 is 5.32 Å². The molecule has 76 valence electrons. The first-order valence-corrected chi connectivity index (χ1v) is 4.75. The highest BCUT2D eigenvalue weighted by Crippen LogP contribution is 2.18. The Labute approximate surface area is 84.6 Å². The quantitative estimate of drug-likeness (QED) is 0.782. The second-order valence-electron chi connectivity index (χ2n) is 3.77. The molecule has 1 aromatic heterocycles. The molecule has 14 heavy (non-hydrogen) atoms. The van der Waals surface area contributed by atoms with E-state index in [2.05, 4.69) is 30.2 Å². The highest BCUT2D eigenvalue weighted by Gasteiger charge is 2.05. The summed E-state index contributed by atoms with van der Waals surface area (Å²) in [5, 5.41) is 2.69. The van der Waals surface area contributed by atoms with Crippen LogP contribution in [0.3, 0.4) is 0 Å². The average molecular weight is 192 g/mol. The zero-order valence-electron chi connectivity index (χ0n) is 9.09. The molecule has 0 bridgehead atoms. The molecular formula is C11H16N2O. The van der Waals surface area contributed by atoms with Crippen molar-refractivity contribution in [2.45, 2.75) is 33.6 Å². The summed E-state index contributed by atoms with van der Waals surface area (Å²) in [4.78, 5) is 15.0. The van der Waals surface area contributed by atoms with Crippen molar-refractivity contribution >= 4 is 11.7 Å². The minimum atomic E-state index is -0.0853. The third kappa shape index (κ3) is 2.55. The largest absolute Gasteiger partial charge is 0.311 e. The standard InChI is InChI=1S/C11H16N2O/c1-7(2)10-5-8(3)11(12-6-10)13-9(4)14/h5-7H,1-4H3,(H,12,13,14). The van der Waals surface area contributed by atoms with Crippen molar-refractivity contribution in [3.8, 4) is 0 Å². The lowest BCUT2D eigenvalue weighted by atomic mass is 10.0. The number of nitrogens with zero attached hydrogens (tertiary/aromatic N) is 1. The van der Waals surface area contributed by atoms with Gasteiger partial charge in [-0.2, -0.15) is 0 Å². The Kier molecular flexibility index (Phi) is 3.23. The molecule has 1 N–H and O–H groups in total. The Morgan fingerprint density at radius 3 is 2.57 bits per heavy atom. The van der Waals surface area contributed by atoms with E-state index in [0.29, 0.717) is 11.7 Å². The van der Waals surface area contributed by atoms with Crippen molar-refractivity contribution in [2.75, 3.05) is 5.32 Å². The molecule has 0 aliphatic carbocycles. The lowest BCUT2D eigenvalue weighted by molar-refractivity contribution is -0.114. The lowest BCUT2D eigenvalue weighted by Gasteiger charge is -2.09. The van der Waals surface area contributed by atoms with E-state index >= 15 is 0 Å². The van der Waals surface area contributed by atoms with Crippen molar-refractivity contribution in [1.29, 1.82) is 0 Å². The summed E-state index contributed by atoms with van der Waals surface area (Å²) in [7, 11) is 0. The predicted molar refractivity (Wildman–Crippen MR) is 57.4 cm³/mol. The number of hydrogen-bond donors (Lipinski definition) is 1. The molecule has 1 amide bonds. The molecule has 0 aromatic carbocycles. The molecule has 3 heteroatoms.